The summed E-state index contributed by atoms with van der Waals surface area (Å²) in [6.07, 6.45) is 1.10. The van der Waals surface area contributed by atoms with Crippen LogP contribution in [0.2, 0.25) is 0 Å². The van der Waals surface area contributed by atoms with Crippen molar-refractivity contribution < 1.29 is 28.9 Å². The minimum atomic E-state index is -0.855. The third-order valence-electron chi connectivity index (χ3n) is 5.07. The number of esters is 1. The molecule has 1 saturated heterocycles. The van der Waals surface area contributed by atoms with Crippen LogP contribution in [0.1, 0.15) is 25.2 Å². The van der Waals surface area contributed by atoms with Gasteiger partial charge < -0.3 is 25.5 Å². The molecule has 2 aliphatic heterocycles. The van der Waals surface area contributed by atoms with E-state index in [1.165, 1.54) is 47.1 Å². The average Bonchev–Trinajstić information content (AvgIpc) is 3.31. The van der Waals surface area contributed by atoms with Gasteiger partial charge in [-0.3, -0.25) is 19.7 Å². The van der Waals surface area contributed by atoms with E-state index in [1.807, 2.05) is 0 Å². The van der Waals surface area contributed by atoms with Crippen molar-refractivity contribution in [1.82, 2.24) is 19.6 Å². The monoisotopic (exact) mass is 547 g/mol. The number of aromatic nitrogens is 2. The molecular formula is C21H21N7O7S2. The number of β-lactam (4-membered cyclic amide) rings is 1. The fourth-order valence-corrected chi connectivity index (χ4v) is 4.94. The molecule has 1 aromatic heterocycles. The lowest BCUT2D eigenvalue weighted by molar-refractivity contribution is -0.384. The molecule has 2 aromatic rings. The third kappa shape index (κ3) is 5.86. The fraction of sp³-hybridized carbons (Fsp3) is 0.333. The van der Waals surface area contributed by atoms with E-state index in [-0.39, 0.29) is 46.4 Å². The number of carbonyl (C=O) groups excluding carboxylic acids is 3. The predicted octanol–water partition coefficient (Wildman–Crippen LogP) is 1.18. The third-order valence-corrected chi connectivity index (χ3v) is 6.93. The van der Waals surface area contributed by atoms with Gasteiger partial charge in [0.05, 0.1) is 10.5 Å². The number of nitrogens with zero attached hydrogens (tertiary/aromatic N) is 5. The summed E-state index contributed by atoms with van der Waals surface area (Å²) in [5, 5.41) is 16.9. The number of carbonyl (C=O) groups is 3. The van der Waals surface area contributed by atoms with Crippen molar-refractivity contribution in [2.24, 2.45) is 5.16 Å². The van der Waals surface area contributed by atoms with E-state index in [4.69, 9.17) is 15.3 Å². The van der Waals surface area contributed by atoms with Crippen LogP contribution in [0.25, 0.3) is 0 Å². The second-order valence-electron chi connectivity index (χ2n) is 8.10. The molecule has 2 amide bonds. The Morgan fingerprint density at radius 2 is 2.08 bits per heavy atom. The number of ether oxygens (including phenoxy) is 1. The number of hydrogen-bond acceptors (Lipinski definition) is 13. The molecular weight excluding hydrogens is 526 g/mol. The molecule has 37 heavy (non-hydrogen) atoms. The number of nitro groups is 1. The lowest BCUT2D eigenvalue weighted by atomic mass is 10.1. The van der Waals surface area contributed by atoms with Crippen LogP contribution in [0.4, 0.5) is 10.8 Å². The smallest absolute Gasteiger partial charge is 0.336 e. The Bertz CT molecular complexity index is 1290. The summed E-state index contributed by atoms with van der Waals surface area (Å²) in [7, 11) is 0. The van der Waals surface area contributed by atoms with Crippen LogP contribution in [0, 0.1) is 10.1 Å². The highest BCUT2D eigenvalue weighted by Crippen LogP contribution is 2.36. The van der Waals surface area contributed by atoms with Crippen LogP contribution in [-0.4, -0.2) is 65.9 Å². The Morgan fingerprint density at radius 3 is 2.70 bits per heavy atom. The number of hydrogen-bond donors (Lipinski definition) is 2. The normalized spacial score (nSPS) is 19.0. The first-order chi connectivity index (χ1) is 17.6. The van der Waals surface area contributed by atoms with Gasteiger partial charge in [0.1, 0.15) is 24.1 Å². The number of anilines is 1. The van der Waals surface area contributed by atoms with E-state index >= 15 is 0 Å². The SMILES string of the molecule is CC(C)ON=C(C(=O)NC1C(=O)N2C=C(C(=O)OCc3ccc([N+](=O)[O-])cc3)CS[C@H]12)c1nsc(N)n1. The number of nitrogens with two attached hydrogens (primary N) is 1. The Hall–Kier alpha value is -4.05. The Labute approximate surface area is 218 Å². The lowest BCUT2D eigenvalue weighted by Gasteiger charge is -2.47. The summed E-state index contributed by atoms with van der Waals surface area (Å²) >= 11 is 2.18. The van der Waals surface area contributed by atoms with E-state index in [0.717, 1.165) is 11.5 Å². The molecule has 0 aliphatic carbocycles. The fourth-order valence-electron chi connectivity index (χ4n) is 3.26. The van der Waals surface area contributed by atoms with Crippen molar-refractivity contribution in [3.05, 3.63) is 57.5 Å². The number of fused-ring (bicyclic) bond motifs is 1. The standard InChI is InChI=1S/C21H21N7O7S2/c1-10(2)35-25-14(16-24-21(22)37-26-16)17(29)23-15-18(30)27-7-12(9-36-19(15)27)20(31)34-8-11-3-5-13(6-4-11)28(32)33/h3-7,10,15,19H,8-9H2,1-2H3,(H,23,29)(H2,22,24,26)/t15?,19-/m1/s1. The van der Waals surface area contributed by atoms with E-state index in [1.54, 1.807) is 13.8 Å². The number of oxime groups is 1. The second kappa shape index (κ2) is 10.9. The molecule has 0 spiro atoms. The molecule has 3 heterocycles. The summed E-state index contributed by atoms with van der Waals surface area (Å²) in [5.41, 5.74) is 6.20. The van der Waals surface area contributed by atoms with Crippen LogP contribution in [0.3, 0.4) is 0 Å². The quantitative estimate of drug-likeness (QED) is 0.151. The van der Waals surface area contributed by atoms with Crippen LogP contribution in [0.5, 0.6) is 0 Å². The number of rotatable bonds is 9. The number of amides is 2. The number of benzene rings is 1. The van der Waals surface area contributed by atoms with E-state index in [9.17, 15) is 24.5 Å². The van der Waals surface area contributed by atoms with Crippen molar-refractivity contribution >= 4 is 57.6 Å². The molecule has 0 saturated carbocycles. The predicted molar refractivity (Wildman–Crippen MR) is 133 cm³/mol. The van der Waals surface area contributed by atoms with Crippen LogP contribution < -0.4 is 11.1 Å². The minimum Gasteiger partial charge on any atom is -0.457 e. The van der Waals surface area contributed by atoms with E-state index in [0.29, 0.717) is 5.56 Å². The highest BCUT2D eigenvalue weighted by Gasteiger charge is 2.50. The van der Waals surface area contributed by atoms with Gasteiger partial charge in [0.25, 0.3) is 17.5 Å². The first-order valence-electron chi connectivity index (χ1n) is 10.8. The summed E-state index contributed by atoms with van der Waals surface area (Å²) in [6, 6.07) is 4.78. The van der Waals surface area contributed by atoms with Gasteiger partial charge in [-0.25, -0.2) is 4.79 Å². The maximum atomic E-state index is 12.9. The number of nitrogens with one attached hydrogen (secondary N) is 1. The first-order valence-corrected chi connectivity index (χ1v) is 12.7. The van der Waals surface area contributed by atoms with Gasteiger partial charge in [-0.1, -0.05) is 5.16 Å². The van der Waals surface area contributed by atoms with E-state index < -0.39 is 34.1 Å². The number of thioether (sulfide) groups is 1. The highest BCUT2D eigenvalue weighted by atomic mass is 32.2. The maximum Gasteiger partial charge on any atom is 0.336 e. The van der Waals surface area contributed by atoms with Gasteiger partial charge in [-0.15, -0.1) is 11.8 Å². The molecule has 1 fully saturated rings. The molecule has 3 N–H and O–H groups in total. The summed E-state index contributed by atoms with van der Waals surface area (Å²) in [6.45, 7) is 3.38. The van der Waals surface area contributed by atoms with Crippen molar-refractivity contribution in [2.45, 2.75) is 38.0 Å². The zero-order valence-electron chi connectivity index (χ0n) is 19.5. The van der Waals surface area contributed by atoms with Gasteiger partial charge >= 0.3 is 5.97 Å². The first kappa shape index (κ1) is 26.0. The van der Waals surface area contributed by atoms with Crippen LogP contribution in [0.15, 0.2) is 41.2 Å². The molecule has 1 aromatic carbocycles. The molecule has 194 valence electrons. The van der Waals surface area contributed by atoms with Gasteiger partial charge in [0, 0.05) is 35.6 Å². The van der Waals surface area contributed by atoms with Gasteiger partial charge in [-0.2, -0.15) is 9.36 Å². The number of nitrogen functional groups attached to an aromatic ring is 1. The molecule has 4 rings (SSSR count). The van der Waals surface area contributed by atoms with Gasteiger partial charge in [0.15, 0.2) is 5.13 Å². The molecule has 0 radical (unpaired) electrons. The zero-order chi connectivity index (χ0) is 26.7. The van der Waals surface area contributed by atoms with E-state index in [2.05, 4.69) is 19.8 Å². The van der Waals surface area contributed by atoms with Crippen LogP contribution in [-0.2, 0) is 30.6 Å². The maximum absolute atomic E-state index is 12.9. The minimum absolute atomic E-state index is 0.0153. The molecule has 1 unspecified atom stereocenters. The van der Waals surface area contributed by atoms with Crippen LogP contribution >= 0.6 is 23.3 Å². The molecule has 2 atom stereocenters. The lowest BCUT2D eigenvalue weighted by Crippen LogP contribution is -2.69. The average molecular weight is 548 g/mol. The Morgan fingerprint density at radius 1 is 1.35 bits per heavy atom. The summed E-state index contributed by atoms with van der Waals surface area (Å²) < 4.78 is 9.27. The summed E-state index contributed by atoms with van der Waals surface area (Å²) in [4.78, 5) is 58.8. The molecule has 2 aliphatic rings. The largest absolute Gasteiger partial charge is 0.457 e. The zero-order valence-corrected chi connectivity index (χ0v) is 21.2. The molecule has 16 heteroatoms. The molecule has 14 nitrogen and oxygen atoms in total. The highest BCUT2D eigenvalue weighted by molar-refractivity contribution is 8.00. The Balaban J connectivity index is 1.36. The van der Waals surface area contributed by atoms with Gasteiger partial charge in [-0.05, 0) is 31.5 Å². The van der Waals surface area contributed by atoms with Crippen molar-refractivity contribution in [1.29, 1.82) is 0 Å². The second-order valence-corrected chi connectivity index (χ2v) is 9.99. The molecule has 0 bridgehead atoms. The summed E-state index contributed by atoms with van der Waals surface area (Å²) in [5.74, 6) is -1.49. The Kier molecular flexibility index (Phi) is 7.68. The number of nitro benzene ring substituents is 1. The number of non-ortho nitro benzene ring substituents is 1. The van der Waals surface area contributed by atoms with Crippen molar-refractivity contribution in [3.8, 4) is 0 Å². The topological polar surface area (TPSA) is 192 Å². The van der Waals surface area contributed by atoms with Crippen molar-refractivity contribution in [2.75, 3.05) is 11.5 Å². The van der Waals surface area contributed by atoms with Crippen molar-refractivity contribution in [3.63, 3.8) is 0 Å². The van der Waals surface area contributed by atoms with Gasteiger partial charge in [0.2, 0.25) is 11.5 Å².